The summed E-state index contributed by atoms with van der Waals surface area (Å²) in [5.41, 5.74) is 9.66. The SMILES string of the molecule is C[C@H](c1ccccc1)[C@H](CN=[N+]=[N-])[C@@H](O)c1nccs1. The average Bonchev–Trinajstić information content (AvgIpc) is 3.02. The van der Waals surface area contributed by atoms with Gasteiger partial charge in [-0.25, -0.2) is 4.98 Å². The number of azide groups is 1. The van der Waals surface area contributed by atoms with Crippen LogP contribution in [-0.4, -0.2) is 16.6 Å². The van der Waals surface area contributed by atoms with Crippen LogP contribution in [0.25, 0.3) is 10.4 Å². The van der Waals surface area contributed by atoms with E-state index in [2.05, 4.69) is 15.0 Å². The number of thiazole rings is 1. The van der Waals surface area contributed by atoms with Gasteiger partial charge in [-0.2, -0.15) is 0 Å². The van der Waals surface area contributed by atoms with Gasteiger partial charge in [0.25, 0.3) is 0 Å². The van der Waals surface area contributed by atoms with Gasteiger partial charge in [0, 0.05) is 29.0 Å². The number of nitrogens with zero attached hydrogens (tertiary/aromatic N) is 4. The second kappa shape index (κ2) is 7.05. The third-order valence-corrected chi connectivity index (χ3v) is 4.28. The summed E-state index contributed by atoms with van der Waals surface area (Å²) in [5.74, 6) is -0.125. The van der Waals surface area contributed by atoms with Crippen LogP contribution in [0.2, 0.25) is 0 Å². The van der Waals surface area contributed by atoms with Gasteiger partial charge in [-0.05, 0) is 17.0 Å². The maximum atomic E-state index is 10.5. The molecule has 2 aromatic rings. The molecule has 0 aliphatic heterocycles. The van der Waals surface area contributed by atoms with E-state index < -0.39 is 6.10 Å². The molecule has 104 valence electrons. The Kier molecular flexibility index (Phi) is 5.12. The van der Waals surface area contributed by atoms with Crippen LogP contribution in [0.5, 0.6) is 0 Å². The van der Waals surface area contributed by atoms with Gasteiger partial charge in [-0.1, -0.05) is 42.4 Å². The first-order chi connectivity index (χ1) is 9.74. The van der Waals surface area contributed by atoms with Crippen LogP contribution in [0.3, 0.4) is 0 Å². The molecule has 2 rings (SSSR count). The van der Waals surface area contributed by atoms with Crippen LogP contribution in [0, 0.1) is 5.92 Å². The van der Waals surface area contributed by atoms with Gasteiger partial charge in [0.15, 0.2) is 0 Å². The molecule has 0 aliphatic rings. The second-order valence-corrected chi connectivity index (χ2v) is 5.52. The molecule has 6 heteroatoms. The lowest BCUT2D eigenvalue weighted by atomic mass is 9.84. The molecule has 1 heterocycles. The number of benzene rings is 1. The molecular formula is C14H16N4OS. The highest BCUT2D eigenvalue weighted by Crippen LogP contribution is 2.35. The van der Waals surface area contributed by atoms with Crippen LogP contribution in [-0.2, 0) is 0 Å². The predicted molar refractivity (Wildman–Crippen MR) is 79.4 cm³/mol. The highest BCUT2D eigenvalue weighted by molar-refractivity contribution is 7.09. The molecule has 3 atom stereocenters. The number of aliphatic hydroxyl groups is 1. The molecule has 0 unspecified atom stereocenters. The smallest absolute Gasteiger partial charge is 0.121 e. The Bertz CT molecular complexity index is 566. The van der Waals surface area contributed by atoms with Gasteiger partial charge >= 0.3 is 0 Å². The van der Waals surface area contributed by atoms with E-state index in [0.717, 1.165) is 5.56 Å². The second-order valence-electron chi connectivity index (χ2n) is 4.59. The van der Waals surface area contributed by atoms with E-state index in [4.69, 9.17) is 5.53 Å². The van der Waals surface area contributed by atoms with Gasteiger partial charge in [-0.15, -0.1) is 11.3 Å². The number of hydrogen-bond donors (Lipinski definition) is 1. The lowest BCUT2D eigenvalue weighted by molar-refractivity contribution is 0.0989. The molecule has 1 N–H and O–H groups in total. The van der Waals surface area contributed by atoms with Gasteiger partial charge in [0.1, 0.15) is 11.1 Å². The standard InChI is InChI=1S/C14H16N4OS/c1-10(11-5-3-2-4-6-11)12(9-17-18-15)13(19)14-16-7-8-20-14/h2-8,10,12-13,19H,9H2,1H3/t10-,12+,13-/m1/s1. The van der Waals surface area contributed by atoms with Crippen molar-refractivity contribution in [2.24, 2.45) is 11.0 Å². The summed E-state index contributed by atoms with van der Waals surface area (Å²) in [4.78, 5) is 6.97. The summed E-state index contributed by atoms with van der Waals surface area (Å²) in [6.07, 6.45) is 0.941. The van der Waals surface area contributed by atoms with Crippen molar-refractivity contribution in [1.29, 1.82) is 0 Å². The number of aromatic nitrogens is 1. The fourth-order valence-corrected chi connectivity index (χ4v) is 2.93. The topological polar surface area (TPSA) is 81.9 Å². The quantitative estimate of drug-likeness (QED) is 0.496. The zero-order valence-electron chi connectivity index (χ0n) is 11.1. The Labute approximate surface area is 121 Å². The summed E-state index contributed by atoms with van der Waals surface area (Å²) < 4.78 is 0. The molecule has 0 fully saturated rings. The normalized spacial score (nSPS) is 15.1. The summed E-state index contributed by atoms with van der Waals surface area (Å²) in [5, 5.41) is 16.6. The molecule has 1 aromatic heterocycles. The van der Waals surface area contributed by atoms with E-state index in [9.17, 15) is 5.11 Å². The fraction of sp³-hybridized carbons (Fsp3) is 0.357. The van der Waals surface area contributed by atoms with Gasteiger partial charge in [0.2, 0.25) is 0 Å². The van der Waals surface area contributed by atoms with Crippen molar-refractivity contribution in [3.8, 4) is 0 Å². The van der Waals surface area contributed by atoms with Crippen molar-refractivity contribution in [3.05, 3.63) is 62.9 Å². The van der Waals surface area contributed by atoms with Crippen molar-refractivity contribution in [3.63, 3.8) is 0 Å². The van der Waals surface area contributed by atoms with Crippen molar-refractivity contribution in [2.75, 3.05) is 6.54 Å². The Morgan fingerprint density at radius 3 is 2.75 bits per heavy atom. The van der Waals surface area contributed by atoms with Crippen molar-refractivity contribution < 1.29 is 5.11 Å². The first-order valence-electron chi connectivity index (χ1n) is 6.37. The molecule has 0 spiro atoms. The summed E-state index contributed by atoms with van der Waals surface area (Å²) in [6.45, 7) is 2.27. The monoisotopic (exact) mass is 288 g/mol. The lowest BCUT2D eigenvalue weighted by Gasteiger charge is -2.26. The van der Waals surface area contributed by atoms with Crippen molar-refractivity contribution in [1.82, 2.24) is 4.98 Å². The van der Waals surface area contributed by atoms with Crippen molar-refractivity contribution >= 4 is 11.3 Å². The fourth-order valence-electron chi connectivity index (χ4n) is 2.23. The molecule has 0 saturated carbocycles. The molecule has 20 heavy (non-hydrogen) atoms. The van der Waals surface area contributed by atoms with Crippen LogP contribution in [0.15, 0.2) is 47.0 Å². The van der Waals surface area contributed by atoms with Gasteiger partial charge in [-0.3, -0.25) is 0 Å². The van der Waals surface area contributed by atoms with Crippen LogP contribution in [0.1, 0.15) is 29.5 Å². The minimum atomic E-state index is -0.726. The molecule has 0 amide bonds. The molecule has 0 bridgehead atoms. The maximum absolute atomic E-state index is 10.5. The first kappa shape index (κ1) is 14.5. The van der Waals surface area contributed by atoms with Gasteiger partial charge in [0.05, 0.1) is 0 Å². The van der Waals surface area contributed by atoms with Crippen molar-refractivity contribution in [2.45, 2.75) is 18.9 Å². The van der Waals surface area contributed by atoms with E-state index in [1.165, 1.54) is 11.3 Å². The van der Waals surface area contributed by atoms with Crippen LogP contribution in [0.4, 0.5) is 0 Å². The summed E-state index contributed by atoms with van der Waals surface area (Å²) in [7, 11) is 0. The van der Waals surface area contributed by atoms with Gasteiger partial charge < -0.3 is 5.11 Å². The molecule has 1 aromatic carbocycles. The third kappa shape index (κ3) is 3.36. The Morgan fingerprint density at radius 2 is 2.15 bits per heavy atom. The Balaban J connectivity index is 2.25. The number of rotatable bonds is 6. The number of hydrogen-bond acceptors (Lipinski definition) is 4. The predicted octanol–water partition coefficient (Wildman–Crippen LogP) is 3.91. The van der Waals surface area contributed by atoms with E-state index in [1.807, 2.05) is 42.6 Å². The minimum absolute atomic E-state index is 0.0700. The van der Waals surface area contributed by atoms with E-state index in [-0.39, 0.29) is 18.4 Å². The summed E-state index contributed by atoms with van der Waals surface area (Å²) >= 11 is 1.41. The van der Waals surface area contributed by atoms with Crippen LogP contribution < -0.4 is 0 Å². The highest BCUT2D eigenvalue weighted by Gasteiger charge is 2.28. The molecule has 0 saturated heterocycles. The molecule has 0 radical (unpaired) electrons. The van der Waals surface area contributed by atoms with E-state index >= 15 is 0 Å². The zero-order chi connectivity index (χ0) is 14.4. The minimum Gasteiger partial charge on any atom is -0.386 e. The zero-order valence-corrected chi connectivity index (χ0v) is 11.9. The highest BCUT2D eigenvalue weighted by atomic mass is 32.1. The average molecular weight is 288 g/mol. The Hall–Kier alpha value is -1.88. The Morgan fingerprint density at radius 1 is 1.40 bits per heavy atom. The molecule has 0 aliphatic carbocycles. The molecular weight excluding hydrogens is 272 g/mol. The van der Waals surface area contributed by atoms with E-state index in [0.29, 0.717) is 5.01 Å². The first-order valence-corrected chi connectivity index (χ1v) is 7.25. The third-order valence-electron chi connectivity index (χ3n) is 3.43. The largest absolute Gasteiger partial charge is 0.386 e. The molecule has 5 nitrogen and oxygen atoms in total. The van der Waals surface area contributed by atoms with E-state index in [1.54, 1.807) is 6.20 Å². The van der Waals surface area contributed by atoms with Crippen LogP contribution >= 0.6 is 11.3 Å². The lowest BCUT2D eigenvalue weighted by Crippen LogP contribution is -2.21. The maximum Gasteiger partial charge on any atom is 0.121 e. The summed E-state index contributed by atoms with van der Waals surface area (Å²) in [6, 6.07) is 9.92. The number of aliphatic hydroxyl groups excluding tert-OH is 1.